The summed E-state index contributed by atoms with van der Waals surface area (Å²) in [5.74, 6) is -3.36. The van der Waals surface area contributed by atoms with E-state index >= 15 is 0 Å². The van der Waals surface area contributed by atoms with Gasteiger partial charge in [0, 0.05) is 11.9 Å². The molecule has 9 nitrogen and oxygen atoms in total. The SMILES string of the molecule is CCc1ccccc1Nc1c(C(N)=O)cnc2c1N(OC(=O)C(F)(F)F)C(c1cccc(C#N)c1)N2. The van der Waals surface area contributed by atoms with Crippen molar-refractivity contribution in [2.45, 2.75) is 25.7 Å². The highest BCUT2D eigenvalue weighted by Gasteiger charge is 2.46. The smallest absolute Gasteiger partial charge is 0.365 e. The fraction of sp³-hybridized carbons (Fsp3) is 0.167. The van der Waals surface area contributed by atoms with Crippen molar-refractivity contribution in [2.24, 2.45) is 5.73 Å². The van der Waals surface area contributed by atoms with Gasteiger partial charge < -0.3 is 21.2 Å². The molecule has 4 N–H and O–H groups in total. The van der Waals surface area contributed by atoms with E-state index in [2.05, 4.69) is 15.6 Å². The van der Waals surface area contributed by atoms with Crippen molar-refractivity contribution in [2.75, 3.05) is 15.7 Å². The summed E-state index contributed by atoms with van der Waals surface area (Å²) in [6.07, 6.45) is -4.73. The summed E-state index contributed by atoms with van der Waals surface area (Å²) in [6.45, 7) is 1.91. The third-order valence-electron chi connectivity index (χ3n) is 5.45. The second kappa shape index (κ2) is 9.46. The van der Waals surface area contributed by atoms with E-state index in [1.165, 1.54) is 30.5 Å². The van der Waals surface area contributed by atoms with E-state index in [1.54, 1.807) is 12.1 Å². The lowest BCUT2D eigenvalue weighted by molar-refractivity contribution is -0.201. The number of halogens is 3. The van der Waals surface area contributed by atoms with Crippen LogP contribution >= 0.6 is 0 Å². The highest BCUT2D eigenvalue weighted by molar-refractivity contribution is 6.05. The number of amides is 1. The molecule has 2 aromatic carbocycles. The molecular formula is C24H19F3N6O3. The number of carbonyl (C=O) groups excluding carboxylic acids is 2. The van der Waals surface area contributed by atoms with Crippen molar-refractivity contribution in [1.29, 1.82) is 5.26 Å². The Hall–Kier alpha value is -4.79. The number of hydrogen-bond donors (Lipinski definition) is 3. The summed E-state index contributed by atoms with van der Waals surface area (Å²) in [4.78, 5) is 33.1. The van der Waals surface area contributed by atoms with Crippen molar-refractivity contribution in [3.05, 3.63) is 77.0 Å². The minimum atomic E-state index is -5.31. The Labute approximate surface area is 203 Å². The maximum atomic E-state index is 13.2. The van der Waals surface area contributed by atoms with Gasteiger partial charge in [0.1, 0.15) is 5.69 Å². The Morgan fingerprint density at radius 3 is 2.67 bits per heavy atom. The number of alkyl halides is 3. The molecule has 2 heterocycles. The largest absolute Gasteiger partial charge is 0.493 e. The van der Waals surface area contributed by atoms with Gasteiger partial charge in [0.2, 0.25) is 0 Å². The van der Waals surface area contributed by atoms with Gasteiger partial charge in [-0.05, 0) is 35.7 Å². The highest BCUT2D eigenvalue weighted by Crippen LogP contribution is 2.47. The summed E-state index contributed by atoms with van der Waals surface area (Å²) in [5, 5.41) is 15.9. The van der Waals surface area contributed by atoms with Crippen molar-refractivity contribution in [3.63, 3.8) is 0 Å². The quantitative estimate of drug-likeness (QED) is 0.460. The number of para-hydroxylation sites is 1. The molecule has 4 rings (SSSR count). The molecule has 0 spiro atoms. The Kier molecular flexibility index (Phi) is 6.39. The van der Waals surface area contributed by atoms with E-state index in [0.717, 1.165) is 5.56 Å². The van der Waals surface area contributed by atoms with Crippen molar-refractivity contribution < 1.29 is 27.6 Å². The molecule has 1 atom stereocenters. The summed E-state index contributed by atoms with van der Waals surface area (Å²) in [6, 6.07) is 15.1. The van der Waals surface area contributed by atoms with Crippen LogP contribution in [0.1, 0.15) is 40.1 Å². The summed E-state index contributed by atoms with van der Waals surface area (Å²) in [5.41, 5.74) is 7.22. The van der Waals surface area contributed by atoms with Gasteiger partial charge in [0.25, 0.3) is 5.91 Å². The van der Waals surface area contributed by atoms with Crippen LogP contribution in [0.2, 0.25) is 0 Å². The number of primary amides is 1. The average molecular weight is 496 g/mol. The number of hydroxylamine groups is 1. The minimum Gasteiger partial charge on any atom is -0.365 e. The molecule has 3 aromatic rings. The summed E-state index contributed by atoms with van der Waals surface area (Å²) >= 11 is 0. The van der Waals surface area contributed by atoms with E-state index in [1.807, 2.05) is 25.1 Å². The van der Waals surface area contributed by atoms with Gasteiger partial charge in [-0.25, -0.2) is 9.78 Å². The number of aromatic nitrogens is 1. The Balaban J connectivity index is 1.90. The second-order valence-electron chi connectivity index (χ2n) is 7.73. The molecule has 1 aliphatic rings. The minimum absolute atomic E-state index is 0.00480. The number of benzene rings is 2. The summed E-state index contributed by atoms with van der Waals surface area (Å²) < 4.78 is 39.6. The molecule has 12 heteroatoms. The van der Waals surface area contributed by atoms with Crippen LogP contribution in [-0.2, 0) is 16.1 Å². The van der Waals surface area contributed by atoms with E-state index in [-0.39, 0.29) is 28.3 Å². The molecule has 0 bridgehead atoms. The third-order valence-corrected chi connectivity index (χ3v) is 5.45. The zero-order chi connectivity index (χ0) is 26.0. The number of fused-ring (bicyclic) bond motifs is 1. The first-order chi connectivity index (χ1) is 17.1. The molecule has 1 aromatic heterocycles. The van der Waals surface area contributed by atoms with E-state index in [9.17, 15) is 28.0 Å². The first-order valence-electron chi connectivity index (χ1n) is 10.7. The molecule has 1 aliphatic heterocycles. The van der Waals surface area contributed by atoms with Gasteiger partial charge in [-0.2, -0.15) is 23.5 Å². The van der Waals surface area contributed by atoms with Crippen LogP contribution in [0.15, 0.2) is 54.7 Å². The molecule has 0 saturated heterocycles. The van der Waals surface area contributed by atoms with Gasteiger partial charge in [-0.3, -0.25) is 4.79 Å². The number of aryl methyl sites for hydroxylation is 1. The van der Waals surface area contributed by atoms with E-state index in [0.29, 0.717) is 22.7 Å². The van der Waals surface area contributed by atoms with Crippen LogP contribution in [0.4, 0.5) is 36.1 Å². The third kappa shape index (κ3) is 4.58. The maximum Gasteiger partial charge on any atom is 0.493 e. The lowest BCUT2D eigenvalue weighted by atomic mass is 10.1. The van der Waals surface area contributed by atoms with E-state index < -0.39 is 24.2 Å². The van der Waals surface area contributed by atoms with Crippen LogP contribution in [0.5, 0.6) is 0 Å². The number of nitriles is 1. The van der Waals surface area contributed by atoms with Crippen LogP contribution in [0.25, 0.3) is 0 Å². The molecule has 1 amide bonds. The fourth-order valence-electron chi connectivity index (χ4n) is 3.77. The van der Waals surface area contributed by atoms with E-state index in [4.69, 9.17) is 10.6 Å². The lowest BCUT2D eigenvalue weighted by Gasteiger charge is -2.27. The number of rotatable bonds is 6. The number of hydrogen-bond acceptors (Lipinski definition) is 8. The Bertz CT molecular complexity index is 1390. The Morgan fingerprint density at radius 1 is 1.25 bits per heavy atom. The van der Waals surface area contributed by atoms with Gasteiger partial charge in [0.15, 0.2) is 12.0 Å². The zero-order valence-corrected chi connectivity index (χ0v) is 18.8. The monoisotopic (exact) mass is 496 g/mol. The number of pyridine rings is 1. The van der Waals surface area contributed by atoms with Gasteiger partial charge in [0.05, 0.1) is 22.9 Å². The molecule has 36 heavy (non-hydrogen) atoms. The maximum absolute atomic E-state index is 13.2. The predicted octanol–water partition coefficient (Wildman–Crippen LogP) is 4.31. The number of carbonyl (C=O) groups is 2. The van der Waals surface area contributed by atoms with Gasteiger partial charge in [-0.15, -0.1) is 0 Å². The van der Waals surface area contributed by atoms with Gasteiger partial charge >= 0.3 is 12.1 Å². The first-order valence-corrected chi connectivity index (χ1v) is 10.7. The van der Waals surface area contributed by atoms with Crippen LogP contribution in [-0.4, -0.2) is 23.0 Å². The number of nitrogens with two attached hydrogens (primary N) is 1. The predicted molar refractivity (Wildman–Crippen MR) is 124 cm³/mol. The van der Waals surface area contributed by atoms with Crippen LogP contribution in [0, 0.1) is 11.3 Å². The average Bonchev–Trinajstić information content (AvgIpc) is 3.22. The number of nitrogens with zero attached hydrogens (tertiary/aromatic N) is 3. The molecule has 0 radical (unpaired) electrons. The van der Waals surface area contributed by atoms with Crippen molar-refractivity contribution >= 4 is 34.8 Å². The number of nitrogens with one attached hydrogen (secondary N) is 2. The van der Waals surface area contributed by atoms with Gasteiger partial charge in [-0.1, -0.05) is 37.3 Å². The molecule has 0 saturated carbocycles. The van der Waals surface area contributed by atoms with Crippen molar-refractivity contribution in [3.8, 4) is 6.07 Å². The van der Waals surface area contributed by atoms with Crippen LogP contribution < -0.4 is 21.4 Å². The zero-order valence-electron chi connectivity index (χ0n) is 18.8. The second-order valence-corrected chi connectivity index (χ2v) is 7.73. The fourth-order valence-corrected chi connectivity index (χ4v) is 3.77. The van der Waals surface area contributed by atoms with Crippen molar-refractivity contribution in [1.82, 2.24) is 4.98 Å². The summed E-state index contributed by atoms with van der Waals surface area (Å²) in [7, 11) is 0. The topological polar surface area (TPSA) is 133 Å². The molecule has 184 valence electrons. The first kappa shape index (κ1) is 24.3. The van der Waals surface area contributed by atoms with Crippen LogP contribution in [0.3, 0.4) is 0 Å². The molecule has 1 unspecified atom stereocenters. The molecule has 0 fully saturated rings. The lowest BCUT2D eigenvalue weighted by Crippen LogP contribution is -2.37. The molecular weight excluding hydrogens is 477 g/mol. The Morgan fingerprint density at radius 2 is 2.00 bits per heavy atom. The normalized spacial score (nSPS) is 14.4. The standard InChI is InChI=1S/C24H19F3N6O3/c1-2-14-7-3-4-9-17(14)31-18-16(20(29)34)12-30-21-19(18)33(36-23(35)24(25,26)27)22(32-21)15-8-5-6-13(10-15)11-28/h3-10,12,22H,2H2,1H3,(H2,29,34)(H2,30,31,32). The molecule has 0 aliphatic carbocycles. The highest BCUT2D eigenvalue weighted by atomic mass is 19.4. The number of anilines is 4.